The Labute approximate surface area is 141 Å². The van der Waals surface area contributed by atoms with Crippen molar-refractivity contribution in [2.75, 3.05) is 0 Å². The average molecular weight is 310 g/mol. The number of aromatic nitrogens is 2. The monoisotopic (exact) mass is 310 g/mol. The molecule has 0 saturated heterocycles. The van der Waals surface area contributed by atoms with Crippen molar-refractivity contribution in [3.05, 3.63) is 90.2 Å². The maximum Gasteiger partial charge on any atom is 0.140 e. The number of fused-ring (bicyclic) bond motifs is 6. The second kappa shape index (κ2) is 5.07. The van der Waals surface area contributed by atoms with Crippen LogP contribution in [-0.2, 0) is 7.05 Å². The van der Waals surface area contributed by atoms with Crippen molar-refractivity contribution in [2.45, 2.75) is 11.8 Å². The number of hydrogen-bond acceptors (Lipinski definition) is 1. The van der Waals surface area contributed by atoms with Crippen molar-refractivity contribution in [3.8, 4) is 22.6 Å². The van der Waals surface area contributed by atoms with E-state index in [4.69, 9.17) is 4.98 Å². The van der Waals surface area contributed by atoms with E-state index in [9.17, 15) is 0 Å². The molecular weight excluding hydrogens is 292 g/mol. The summed E-state index contributed by atoms with van der Waals surface area (Å²) in [6, 6.07) is 19.2. The quantitative estimate of drug-likeness (QED) is 0.614. The third kappa shape index (κ3) is 1.80. The van der Waals surface area contributed by atoms with Crippen LogP contribution in [0.1, 0.15) is 23.1 Å². The molecule has 2 aliphatic carbocycles. The highest BCUT2D eigenvalue weighted by molar-refractivity contribution is 5.76. The van der Waals surface area contributed by atoms with Gasteiger partial charge in [-0.2, -0.15) is 0 Å². The van der Waals surface area contributed by atoms with Crippen LogP contribution in [0.2, 0.25) is 0 Å². The van der Waals surface area contributed by atoms with Gasteiger partial charge in [-0.1, -0.05) is 78.9 Å². The van der Waals surface area contributed by atoms with Crippen LogP contribution in [0.15, 0.2) is 78.9 Å². The van der Waals surface area contributed by atoms with Crippen LogP contribution in [0.3, 0.4) is 0 Å². The minimum Gasteiger partial charge on any atom is -0.327 e. The zero-order valence-electron chi connectivity index (χ0n) is 13.6. The van der Waals surface area contributed by atoms with E-state index in [1.807, 2.05) is 6.07 Å². The Morgan fingerprint density at radius 2 is 1.54 bits per heavy atom. The van der Waals surface area contributed by atoms with E-state index in [0.29, 0.717) is 11.8 Å². The highest BCUT2D eigenvalue weighted by Crippen LogP contribution is 2.49. The summed E-state index contributed by atoms with van der Waals surface area (Å²) < 4.78 is 2.26. The van der Waals surface area contributed by atoms with Crippen LogP contribution in [-0.4, -0.2) is 9.55 Å². The number of benzene rings is 2. The van der Waals surface area contributed by atoms with Crippen molar-refractivity contribution in [2.24, 2.45) is 7.05 Å². The molecule has 0 saturated carbocycles. The summed E-state index contributed by atoms with van der Waals surface area (Å²) in [6.07, 6.45) is 8.91. The van der Waals surface area contributed by atoms with E-state index in [1.54, 1.807) is 0 Å². The van der Waals surface area contributed by atoms with Gasteiger partial charge in [-0.15, -0.1) is 0 Å². The van der Waals surface area contributed by atoms with Gasteiger partial charge < -0.3 is 4.57 Å². The van der Waals surface area contributed by atoms with Crippen molar-refractivity contribution in [1.82, 2.24) is 9.55 Å². The number of rotatable bonds is 1. The van der Waals surface area contributed by atoms with Gasteiger partial charge in [0.25, 0.3) is 0 Å². The summed E-state index contributed by atoms with van der Waals surface area (Å²) >= 11 is 0. The van der Waals surface area contributed by atoms with Crippen molar-refractivity contribution in [1.29, 1.82) is 0 Å². The van der Waals surface area contributed by atoms with Gasteiger partial charge in [0, 0.05) is 30.0 Å². The van der Waals surface area contributed by atoms with Crippen LogP contribution in [0, 0.1) is 0 Å². The van der Waals surface area contributed by atoms with Crippen LogP contribution < -0.4 is 0 Å². The maximum absolute atomic E-state index is 5.08. The fraction of sp³-hybridized carbons (Fsp3) is 0.136. The van der Waals surface area contributed by atoms with E-state index in [-0.39, 0.29) is 0 Å². The second-order valence-corrected chi connectivity index (χ2v) is 6.50. The van der Waals surface area contributed by atoms with E-state index >= 15 is 0 Å². The predicted octanol–water partition coefficient (Wildman–Crippen LogP) is 5.06. The van der Waals surface area contributed by atoms with Crippen LogP contribution in [0.4, 0.5) is 0 Å². The molecule has 5 rings (SSSR count). The van der Waals surface area contributed by atoms with Gasteiger partial charge in [0.15, 0.2) is 0 Å². The highest BCUT2D eigenvalue weighted by Gasteiger charge is 2.35. The first kappa shape index (κ1) is 13.6. The molecule has 2 aliphatic rings. The van der Waals surface area contributed by atoms with Crippen LogP contribution in [0.25, 0.3) is 22.6 Å². The first-order valence-electron chi connectivity index (χ1n) is 8.41. The summed E-state index contributed by atoms with van der Waals surface area (Å²) in [7, 11) is 2.13. The van der Waals surface area contributed by atoms with Crippen molar-refractivity contribution >= 4 is 0 Å². The average Bonchev–Trinajstić information content (AvgIpc) is 3.01. The summed E-state index contributed by atoms with van der Waals surface area (Å²) in [6.45, 7) is 0. The third-order valence-corrected chi connectivity index (χ3v) is 5.18. The van der Waals surface area contributed by atoms with Gasteiger partial charge in [0.1, 0.15) is 5.82 Å². The molecule has 1 heterocycles. The molecule has 0 bridgehead atoms. The third-order valence-electron chi connectivity index (χ3n) is 5.18. The van der Waals surface area contributed by atoms with Crippen LogP contribution in [0.5, 0.6) is 0 Å². The smallest absolute Gasteiger partial charge is 0.140 e. The fourth-order valence-electron chi connectivity index (χ4n) is 4.09. The van der Waals surface area contributed by atoms with Gasteiger partial charge in [0.05, 0.1) is 11.4 Å². The van der Waals surface area contributed by atoms with Crippen molar-refractivity contribution in [3.63, 3.8) is 0 Å². The number of hydrogen-bond donors (Lipinski definition) is 0. The molecule has 0 spiro atoms. The standard InChI is InChI=1S/C22H18N2/c1-24-21-19-14-8-6-12-17(19)16-11-5-7-13-18(16)20(21)23-22(24)15-9-3-2-4-10-15/h2-14,16,18H,1H3. The molecule has 1 aromatic heterocycles. The molecular formula is C22H18N2. The molecule has 3 aromatic rings. The predicted molar refractivity (Wildman–Crippen MR) is 97.8 cm³/mol. The molecule has 2 nitrogen and oxygen atoms in total. The normalized spacial score (nSPS) is 20.4. The molecule has 0 fully saturated rings. The maximum atomic E-state index is 5.08. The lowest BCUT2D eigenvalue weighted by Gasteiger charge is -2.31. The molecule has 0 amide bonds. The Kier molecular flexibility index (Phi) is 2.86. The largest absolute Gasteiger partial charge is 0.327 e. The zero-order chi connectivity index (χ0) is 16.1. The van der Waals surface area contributed by atoms with Gasteiger partial charge in [-0.25, -0.2) is 4.98 Å². The molecule has 116 valence electrons. The minimum absolute atomic E-state index is 0.323. The van der Waals surface area contributed by atoms with Crippen molar-refractivity contribution < 1.29 is 0 Å². The van der Waals surface area contributed by atoms with Gasteiger partial charge in [-0.3, -0.25) is 0 Å². The molecule has 2 unspecified atom stereocenters. The number of nitrogens with zero attached hydrogens (tertiary/aromatic N) is 2. The minimum atomic E-state index is 0.323. The molecule has 2 aromatic carbocycles. The molecule has 0 N–H and O–H groups in total. The van der Waals surface area contributed by atoms with Crippen LogP contribution >= 0.6 is 0 Å². The lowest BCUT2D eigenvalue weighted by Crippen LogP contribution is -2.17. The summed E-state index contributed by atoms with van der Waals surface area (Å²) in [5.41, 5.74) is 6.33. The lowest BCUT2D eigenvalue weighted by molar-refractivity contribution is 0.700. The van der Waals surface area contributed by atoms with E-state index in [0.717, 1.165) is 5.82 Å². The molecule has 2 atom stereocenters. The molecule has 2 heteroatoms. The summed E-state index contributed by atoms with van der Waals surface area (Å²) in [4.78, 5) is 5.08. The molecule has 0 aliphatic heterocycles. The van der Waals surface area contributed by atoms with Gasteiger partial charge in [0.2, 0.25) is 0 Å². The summed E-state index contributed by atoms with van der Waals surface area (Å²) in [5.74, 6) is 1.75. The number of allylic oxidation sites excluding steroid dienone is 4. The SMILES string of the molecule is Cn1c(-c2ccccc2)nc2c1-c1ccccc1C1C=CC=CC21. The lowest BCUT2D eigenvalue weighted by atomic mass is 9.74. The zero-order valence-corrected chi connectivity index (χ0v) is 13.6. The Morgan fingerprint density at radius 3 is 2.38 bits per heavy atom. The Hall–Kier alpha value is -2.87. The Morgan fingerprint density at radius 1 is 0.833 bits per heavy atom. The first-order chi connectivity index (χ1) is 11.8. The number of imidazole rings is 1. The van der Waals surface area contributed by atoms with E-state index < -0.39 is 0 Å². The second-order valence-electron chi connectivity index (χ2n) is 6.50. The first-order valence-corrected chi connectivity index (χ1v) is 8.41. The van der Waals surface area contributed by atoms with E-state index in [2.05, 4.69) is 84.4 Å². The van der Waals surface area contributed by atoms with Gasteiger partial charge >= 0.3 is 0 Å². The Bertz CT molecular complexity index is 976. The Balaban J connectivity index is 1.81. The van der Waals surface area contributed by atoms with Gasteiger partial charge in [-0.05, 0) is 5.56 Å². The fourth-order valence-corrected chi connectivity index (χ4v) is 4.09. The topological polar surface area (TPSA) is 17.8 Å². The molecule has 24 heavy (non-hydrogen) atoms. The summed E-state index contributed by atoms with van der Waals surface area (Å²) in [5, 5.41) is 0. The molecule has 0 radical (unpaired) electrons. The highest BCUT2D eigenvalue weighted by atomic mass is 15.1. The van der Waals surface area contributed by atoms with E-state index in [1.165, 1.54) is 28.1 Å².